The van der Waals surface area contributed by atoms with Crippen LogP contribution in [0.4, 0.5) is 10.5 Å². The van der Waals surface area contributed by atoms with Crippen molar-refractivity contribution >= 4 is 33.1 Å². The van der Waals surface area contributed by atoms with Gasteiger partial charge in [-0.05, 0) is 42.3 Å². The topological polar surface area (TPSA) is 97.0 Å². The number of sulfonamides is 1. The van der Waals surface area contributed by atoms with E-state index in [1.54, 1.807) is 40.6 Å². The number of anilines is 1. The Bertz CT molecular complexity index is 1010. The second-order valence-electron chi connectivity index (χ2n) is 7.22. The minimum atomic E-state index is -3.56. The SMILES string of the molecule is O=C(Nc1ccc2c(c1)OCO2)N1C[C@@H]2C[C@H](NS(=O)(=O)c3cccs3)[C@H]1C2. The van der Waals surface area contributed by atoms with Crippen molar-refractivity contribution < 1.29 is 22.7 Å². The molecule has 2 aliphatic heterocycles. The molecule has 2 fully saturated rings. The summed E-state index contributed by atoms with van der Waals surface area (Å²) in [7, 11) is -3.56. The van der Waals surface area contributed by atoms with Gasteiger partial charge < -0.3 is 19.7 Å². The molecule has 0 unspecified atom stereocenters. The largest absolute Gasteiger partial charge is 0.454 e. The van der Waals surface area contributed by atoms with Crippen molar-refractivity contribution in [2.24, 2.45) is 5.92 Å². The first kappa shape index (κ1) is 17.8. The minimum absolute atomic E-state index is 0.145. The molecular weight excluding hydrogens is 402 g/mol. The van der Waals surface area contributed by atoms with Crippen molar-refractivity contribution in [1.82, 2.24) is 9.62 Å². The molecule has 5 rings (SSSR count). The molecule has 1 aromatic heterocycles. The van der Waals surface area contributed by atoms with Gasteiger partial charge in [-0.2, -0.15) is 0 Å². The van der Waals surface area contributed by atoms with Crippen molar-refractivity contribution in [3.8, 4) is 11.5 Å². The van der Waals surface area contributed by atoms with Gasteiger partial charge in [0.2, 0.25) is 16.8 Å². The number of carbonyl (C=O) groups is 1. The van der Waals surface area contributed by atoms with Crippen LogP contribution in [0.3, 0.4) is 0 Å². The lowest BCUT2D eigenvalue weighted by Gasteiger charge is -2.33. The third-order valence-corrected chi connectivity index (χ3v) is 8.32. The maximum atomic E-state index is 12.8. The van der Waals surface area contributed by atoms with E-state index in [9.17, 15) is 13.2 Å². The smallest absolute Gasteiger partial charge is 0.322 e. The Morgan fingerprint density at radius 3 is 2.82 bits per heavy atom. The summed E-state index contributed by atoms with van der Waals surface area (Å²) in [4.78, 5) is 14.5. The molecule has 3 aliphatic rings. The van der Waals surface area contributed by atoms with Gasteiger partial charge in [0.25, 0.3) is 0 Å². The number of thiophene rings is 1. The fourth-order valence-corrected chi connectivity index (χ4v) is 6.52. The van der Waals surface area contributed by atoms with Crippen LogP contribution in [0, 0.1) is 5.92 Å². The molecule has 2 amide bonds. The van der Waals surface area contributed by atoms with Crippen LogP contribution in [0.25, 0.3) is 0 Å². The predicted molar refractivity (Wildman–Crippen MR) is 103 cm³/mol. The third kappa shape index (κ3) is 3.11. The fraction of sp³-hybridized carbons (Fsp3) is 0.389. The maximum absolute atomic E-state index is 12.8. The molecule has 2 N–H and O–H groups in total. The van der Waals surface area contributed by atoms with Crippen molar-refractivity contribution in [1.29, 1.82) is 0 Å². The van der Waals surface area contributed by atoms with Gasteiger partial charge in [0.1, 0.15) is 4.21 Å². The molecule has 28 heavy (non-hydrogen) atoms. The van der Waals surface area contributed by atoms with E-state index in [1.165, 1.54) is 11.3 Å². The number of hydrogen-bond donors (Lipinski definition) is 2. The van der Waals surface area contributed by atoms with Crippen molar-refractivity contribution in [3.63, 3.8) is 0 Å². The third-order valence-electron chi connectivity index (χ3n) is 5.43. The van der Waals surface area contributed by atoms with Crippen molar-refractivity contribution in [2.45, 2.75) is 29.1 Å². The van der Waals surface area contributed by atoms with Gasteiger partial charge in [0.15, 0.2) is 11.5 Å². The van der Waals surface area contributed by atoms with Crippen LogP contribution >= 0.6 is 11.3 Å². The summed E-state index contributed by atoms with van der Waals surface area (Å²) in [5.41, 5.74) is 0.618. The van der Waals surface area contributed by atoms with E-state index < -0.39 is 10.0 Å². The van der Waals surface area contributed by atoms with Crippen LogP contribution in [-0.4, -0.2) is 44.8 Å². The number of hydrogen-bond acceptors (Lipinski definition) is 6. The molecule has 8 nitrogen and oxygen atoms in total. The van der Waals surface area contributed by atoms with E-state index >= 15 is 0 Å². The van der Waals surface area contributed by atoms with E-state index in [-0.39, 0.29) is 24.9 Å². The van der Waals surface area contributed by atoms with Gasteiger partial charge in [-0.25, -0.2) is 17.9 Å². The second-order valence-corrected chi connectivity index (χ2v) is 10.1. The normalized spacial score (nSPS) is 25.3. The molecule has 0 radical (unpaired) electrons. The summed E-state index contributed by atoms with van der Waals surface area (Å²) in [5, 5.41) is 4.62. The van der Waals surface area contributed by atoms with Gasteiger partial charge in [-0.15, -0.1) is 11.3 Å². The highest BCUT2D eigenvalue weighted by Crippen LogP contribution is 2.39. The second kappa shape index (κ2) is 6.64. The molecule has 1 aromatic carbocycles. The van der Waals surface area contributed by atoms with Gasteiger partial charge in [-0.3, -0.25) is 0 Å². The molecular formula is C18H19N3O5S2. The highest BCUT2D eigenvalue weighted by atomic mass is 32.2. The Hall–Kier alpha value is -2.30. The molecule has 10 heteroatoms. The number of benzene rings is 1. The highest BCUT2D eigenvalue weighted by molar-refractivity contribution is 7.91. The average molecular weight is 422 g/mol. The molecule has 2 bridgehead atoms. The zero-order valence-corrected chi connectivity index (χ0v) is 16.5. The predicted octanol–water partition coefficient (Wildman–Crippen LogP) is 2.45. The van der Waals surface area contributed by atoms with Crippen LogP contribution in [0.2, 0.25) is 0 Å². The first-order valence-electron chi connectivity index (χ1n) is 9.03. The summed E-state index contributed by atoms with van der Waals surface area (Å²) in [5.74, 6) is 1.56. The first-order valence-corrected chi connectivity index (χ1v) is 11.4. The van der Waals surface area contributed by atoms with Crippen LogP contribution in [0.5, 0.6) is 11.5 Å². The lowest BCUT2D eigenvalue weighted by molar-refractivity contribution is 0.174. The number of piperidine rings is 1. The van der Waals surface area contributed by atoms with Gasteiger partial charge in [0, 0.05) is 24.3 Å². The van der Waals surface area contributed by atoms with Crippen LogP contribution in [0.15, 0.2) is 39.9 Å². The Balaban J connectivity index is 1.28. The quantitative estimate of drug-likeness (QED) is 0.790. The summed E-state index contributed by atoms with van der Waals surface area (Å²) < 4.78 is 38.8. The molecule has 1 saturated heterocycles. The lowest BCUT2D eigenvalue weighted by atomic mass is 10.1. The summed E-state index contributed by atoms with van der Waals surface area (Å²) in [6.07, 6.45) is 1.56. The number of amides is 2. The Labute approximate surface area is 166 Å². The summed E-state index contributed by atoms with van der Waals surface area (Å²) in [6.45, 7) is 0.812. The maximum Gasteiger partial charge on any atom is 0.322 e. The number of fused-ring (bicyclic) bond motifs is 3. The number of carbonyl (C=O) groups excluding carboxylic acids is 1. The van der Waals surface area contributed by atoms with E-state index in [4.69, 9.17) is 9.47 Å². The lowest BCUT2D eigenvalue weighted by Crippen LogP contribution is -2.52. The van der Waals surface area contributed by atoms with E-state index in [2.05, 4.69) is 10.0 Å². The molecule has 3 heterocycles. The van der Waals surface area contributed by atoms with Gasteiger partial charge in [0.05, 0.1) is 6.04 Å². The molecule has 148 valence electrons. The monoisotopic (exact) mass is 421 g/mol. The molecule has 1 saturated carbocycles. The number of rotatable bonds is 4. The standard InChI is InChI=1S/C18H19N3O5S2/c22-18(19-12-3-4-15-16(8-12)26-10-25-15)21-9-11-6-13(14(21)7-11)20-28(23,24)17-2-1-5-27-17/h1-5,8,11,13-14,20H,6-7,9-10H2,(H,19,22)/t11-,13+,14-/m1/s1. The number of nitrogens with zero attached hydrogens (tertiary/aromatic N) is 1. The number of ether oxygens (including phenoxy) is 2. The van der Waals surface area contributed by atoms with Crippen LogP contribution in [-0.2, 0) is 10.0 Å². The Morgan fingerprint density at radius 1 is 1.18 bits per heavy atom. The fourth-order valence-electron chi connectivity index (χ4n) is 4.23. The minimum Gasteiger partial charge on any atom is -0.454 e. The first-order chi connectivity index (χ1) is 13.5. The van der Waals surface area contributed by atoms with Gasteiger partial charge >= 0.3 is 6.03 Å². The average Bonchev–Trinajstić information content (AvgIpc) is 3.43. The van der Waals surface area contributed by atoms with Crippen LogP contribution in [0.1, 0.15) is 12.8 Å². The number of urea groups is 1. The molecule has 3 atom stereocenters. The summed E-state index contributed by atoms with van der Waals surface area (Å²) in [6, 6.07) is 7.90. The summed E-state index contributed by atoms with van der Waals surface area (Å²) >= 11 is 1.19. The highest BCUT2D eigenvalue weighted by Gasteiger charge is 2.48. The number of nitrogens with one attached hydrogen (secondary N) is 2. The Kier molecular flexibility index (Phi) is 4.22. The molecule has 0 spiro atoms. The number of likely N-dealkylation sites (tertiary alicyclic amines) is 1. The van der Waals surface area contributed by atoms with Crippen LogP contribution < -0.4 is 19.5 Å². The van der Waals surface area contributed by atoms with Gasteiger partial charge in [-0.1, -0.05) is 6.07 Å². The zero-order chi connectivity index (χ0) is 19.3. The van der Waals surface area contributed by atoms with Crippen molar-refractivity contribution in [3.05, 3.63) is 35.7 Å². The van der Waals surface area contributed by atoms with E-state index in [1.807, 2.05) is 0 Å². The Morgan fingerprint density at radius 2 is 2.04 bits per heavy atom. The molecule has 2 aromatic rings. The van der Waals surface area contributed by atoms with Crippen molar-refractivity contribution in [2.75, 3.05) is 18.7 Å². The molecule has 1 aliphatic carbocycles. The zero-order valence-electron chi connectivity index (χ0n) is 14.8. The van der Waals surface area contributed by atoms with E-state index in [0.29, 0.717) is 33.9 Å². The van der Waals surface area contributed by atoms with E-state index in [0.717, 1.165) is 12.8 Å².